The maximum absolute atomic E-state index is 11.9. The molecular formula is C14H18N2O4S. The quantitative estimate of drug-likeness (QED) is 0.775. The summed E-state index contributed by atoms with van der Waals surface area (Å²) in [6, 6.07) is 5.98. The van der Waals surface area contributed by atoms with Crippen molar-refractivity contribution in [3.63, 3.8) is 0 Å². The Hall–Kier alpha value is -1.70. The zero-order chi connectivity index (χ0) is 15.3. The lowest BCUT2D eigenvalue weighted by atomic mass is 10.2. The van der Waals surface area contributed by atoms with Crippen LogP contribution in [0.25, 0.3) is 0 Å². The number of carbonyl (C=O) groups is 1. The predicted molar refractivity (Wildman–Crippen MR) is 79.4 cm³/mol. The van der Waals surface area contributed by atoms with E-state index < -0.39 is 16.1 Å². The van der Waals surface area contributed by atoms with Gasteiger partial charge in [0.15, 0.2) is 0 Å². The summed E-state index contributed by atoms with van der Waals surface area (Å²) in [5, 5.41) is 2.71. The molecule has 1 heterocycles. The fourth-order valence-electron chi connectivity index (χ4n) is 1.98. The van der Waals surface area contributed by atoms with Gasteiger partial charge in [-0.1, -0.05) is 6.08 Å². The van der Waals surface area contributed by atoms with Crippen LogP contribution in [0.4, 0.5) is 5.69 Å². The topological polar surface area (TPSA) is 84.5 Å². The molecule has 6 nitrogen and oxygen atoms in total. The molecular weight excluding hydrogens is 292 g/mol. The molecule has 114 valence electrons. The van der Waals surface area contributed by atoms with Gasteiger partial charge < -0.3 is 10.1 Å². The molecule has 1 aromatic rings. The number of nitrogens with one attached hydrogen (secondary N) is 2. The number of anilines is 1. The van der Waals surface area contributed by atoms with Crippen LogP contribution in [0.1, 0.15) is 12.8 Å². The van der Waals surface area contributed by atoms with Crippen LogP contribution in [-0.2, 0) is 19.6 Å². The molecule has 1 amide bonds. The van der Waals surface area contributed by atoms with E-state index in [1.165, 1.54) is 18.2 Å². The van der Waals surface area contributed by atoms with E-state index in [9.17, 15) is 13.2 Å². The first-order valence-corrected chi connectivity index (χ1v) is 8.14. The molecule has 1 fully saturated rings. The van der Waals surface area contributed by atoms with Gasteiger partial charge in [0.1, 0.15) is 6.10 Å². The maximum Gasteiger partial charge on any atom is 0.253 e. The van der Waals surface area contributed by atoms with Crippen LogP contribution >= 0.6 is 0 Å². The van der Waals surface area contributed by atoms with Gasteiger partial charge in [-0.25, -0.2) is 13.1 Å². The molecule has 21 heavy (non-hydrogen) atoms. The second kappa shape index (κ2) is 6.84. The van der Waals surface area contributed by atoms with Crippen molar-refractivity contribution in [1.29, 1.82) is 0 Å². The second-order valence-electron chi connectivity index (χ2n) is 4.66. The van der Waals surface area contributed by atoms with Gasteiger partial charge in [0.25, 0.3) is 5.91 Å². The second-order valence-corrected chi connectivity index (χ2v) is 6.42. The Morgan fingerprint density at radius 3 is 2.67 bits per heavy atom. The van der Waals surface area contributed by atoms with Crippen LogP contribution in [0, 0.1) is 0 Å². The number of hydrogen-bond acceptors (Lipinski definition) is 4. The average molecular weight is 310 g/mol. The van der Waals surface area contributed by atoms with Crippen molar-refractivity contribution >= 4 is 21.6 Å². The molecule has 0 saturated carbocycles. The minimum Gasteiger partial charge on any atom is -0.368 e. The minimum absolute atomic E-state index is 0.138. The van der Waals surface area contributed by atoms with Crippen LogP contribution in [0.3, 0.4) is 0 Å². The van der Waals surface area contributed by atoms with Gasteiger partial charge in [0, 0.05) is 18.8 Å². The summed E-state index contributed by atoms with van der Waals surface area (Å²) in [5.74, 6) is -0.201. The highest BCUT2D eigenvalue weighted by Crippen LogP contribution is 2.17. The lowest BCUT2D eigenvalue weighted by Crippen LogP contribution is -2.27. The number of hydrogen-bond donors (Lipinski definition) is 2. The average Bonchev–Trinajstić information content (AvgIpc) is 3.00. The number of amides is 1. The predicted octanol–water partition coefficient (Wildman–Crippen LogP) is 1.27. The molecule has 1 atom stereocenters. The summed E-state index contributed by atoms with van der Waals surface area (Å²) < 4.78 is 31.4. The summed E-state index contributed by atoms with van der Waals surface area (Å²) in [6.07, 6.45) is 2.64. The van der Waals surface area contributed by atoms with Crippen molar-refractivity contribution in [2.45, 2.75) is 23.8 Å². The van der Waals surface area contributed by atoms with Gasteiger partial charge in [0.05, 0.1) is 4.90 Å². The van der Waals surface area contributed by atoms with Gasteiger partial charge in [0.2, 0.25) is 10.0 Å². The van der Waals surface area contributed by atoms with Crippen LogP contribution in [0.2, 0.25) is 0 Å². The normalized spacial score (nSPS) is 18.4. The highest BCUT2D eigenvalue weighted by molar-refractivity contribution is 7.89. The molecule has 7 heteroatoms. The molecule has 1 saturated heterocycles. The fraction of sp³-hybridized carbons (Fsp3) is 0.357. The van der Waals surface area contributed by atoms with Crippen LogP contribution < -0.4 is 10.0 Å². The van der Waals surface area contributed by atoms with E-state index >= 15 is 0 Å². The van der Waals surface area contributed by atoms with E-state index in [1.54, 1.807) is 12.1 Å². The summed E-state index contributed by atoms with van der Waals surface area (Å²) >= 11 is 0. The third-order valence-corrected chi connectivity index (χ3v) is 4.51. The Kier molecular flexibility index (Phi) is 5.11. The van der Waals surface area contributed by atoms with Crippen molar-refractivity contribution in [1.82, 2.24) is 4.72 Å². The van der Waals surface area contributed by atoms with Gasteiger partial charge in [-0.05, 0) is 37.1 Å². The van der Waals surface area contributed by atoms with Gasteiger partial charge in [-0.3, -0.25) is 4.79 Å². The molecule has 0 aliphatic carbocycles. The van der Waals surface area contributed by atoms with Crippen LogP contribution in [-0.4, -0.2) is 33.6 Å². The van der Waals surface area contributed by atoms with Gasteiger partial charge >= 0.3 is 0 Å². The molecule has 0 radical (unpaired) electrons. The zero-order valence-electron chi connectivity index (χ0n) is 11.5. The number of ether oxygens (including phenoxy) is 1. The first kappa shape index (κ1) is 15.7. The Bertz CT molecular complexity index is 604. The van der Waals surface area contributed by atoms with E-state index in [4.69, 9.17) is 4.74 Å². The summed E-state index contributed by atoms with van der Waals surface area (Å²) in [4.78, 5) is 12.0. The molecule has 0 bridgehead atoms. The van der Waals surface area contributed by atoms with Crippen molar-refractivity contribution in [3.8, 4) is 0 Å². The van der Waals surface area contributed by atoms with E-state index in [-0.39, 0.29) is 17.3 Å². The number of sulfonamides is 1. The molecule has 0 unspecified atom stereocenters. The van der Waals surface area contributed by atoms with E-state index in [0.717, 1.165) is 6.42 Å². The number of carbonyl (C=O) groups excluding carboxylic acids is 1. The fourth-order valence-corrected chi connectivity index (χ4v) is 2.97. The third kappa shape index (κ3) is 4.13. The zero-order valence-corrected chi connectivity index (χ0v) is 12.4. The Labute approximate surface area is 124 Å². The lowest BCUT2D eigenvalue weighted by molar-refractivity contribution is -0.124. The largest absolute Gasteiger partial charge is 0.368 e. The molecule has 1 aromatic carbocycles. The Morgan fingerprint density at radius 2 is 2.10 bits per heavy atom. The third-order valence-electron chi connectivity index (χ3n) is 3.07. The van der Waals surface area contributed by atoms with E-state index in [2.05, 4.69) is 16.6 Å². The minimum atomic E-state index is -3.54. The van der Waals surface area contributed by atoms with Crippen molar-refractivity contribution in [3.05, 3.63) is 36.9 Å². The maximum atomic E-state index is 11.9. The summed E-state index contributed by atoms with van der Waals surface area (Å²) in [6.45, 7) is 4.22. The van der Waals surface area contributed by atoms with Crippen LogP contribution in [0.15, 0.2) is 41.8 Å². The van der Waals surface area contributed by atoms with Crippen molar-refractivity contribution in [2.75, 3.05) is 18.5 Å². The number of benzene rings is 1. The first-order valence-electron chi connectivity index (χ1n) is 6.66. The highest BCUT2D eigenvalue weighted by Gasteiger charge is 2.23. The first-order chi connectivity index (χ1) is 10.0. The molecule has 0 spiro atoms. The van der Waals surface area contributed by atoms with Gasteiger partial charge in [-0.15, -0.1) is 6.58 Å². The molecule has 2 N–H and O–H groups in total. The molecule has 0 aromatic heterocycles. The Balaban J connectivity index is 2.01. The van der Waals surface area contributed by atoms with Crippen molar-refractivity contribution in [2.24, 2.45) is 0 Å². The highest BCUT2D eigenvalue weighted by atomic mass is 32.2. The standard InChI is InChI=1S/C14H18N2O4S/c1-2-9-15-21(18,19)12-7-5-11(6-8-12)16-14(17)13-4-3-10-20-13/h2,5-8,13,15H,1,3-4,9-10H2,(H,16,17)/t13-/m1/s1. The summed E-state index contributed by atoms with van der Waals surface area (Å²) in [5.41, 5.74) is 0.540. The van der Waals surface area contributed by atoms with Crippen LogP contribution in [0.5, 0.6) is 0 Å². The Morgan fingerprint density at radius 1 is 1.38 bits per heavy atom. The smallest absolute Gasteiger partial charge is 0.253 e. The molecule has 1 aliphatic heterocycles. The monoisotopic (exact) mass is 310 g/mol. The van der Waals surface area contributed by atoms with Gasteiger partial charge in [-0.2, -0.15) is 0 Å². The molecule has 2 rings (SSSR count). The van der Waals surface area contributed by atoms with Crippen molar-refractivity contribution < 1.29 is 17.9 Å². The SMILES string of the molecule is C=CCNS(=O)(=O)c1ccc(NC(=O)[C@H]2CCCO2)cc1. The lowest BCUT2D eigenvalue weighted by Gasteiger charge is -2.11. The van der Waals surface area contributed by atoms with E-state index in [0.29, 0.717) is 18.7 Å². The van der Waals surface area contributed by atoms with E-state index in [1.807, 2.05) is 0 Å². The summed E-state index contributed by atoms with van der Waals surface area (Å²) in [7, 11) is -3.54. The molecule has 1 aliphatic rings. The number of rotatable bonds is 6.